The number of alkyl halides is 3. The first-order valence-electron chi connectivity index (χ1n) is 12.4. The normalized spacial score (nSPS) is 12.4. The first-order valence-corrected chi connectivity index (χ1v) is 12.4. The molecule has 0 aliphatic heterocycles. The molecule has 2 aromatic carbocycles. The Balaban J connectivity index is 2.04. The SMILES string of the molecule is COc1ccc(C(C(=O)NC(C)(C)C)N(C(=O)CCC(=O)Nc2cc(C)on2)c2cccc(C(F)(F)F)c2)cc1. The summed E-state index contributed by atoms with van der Waals surface area (Å²) in [6.07, 6.45) is -5.42. The number of carbonyl (C=O) groups is 3. The van der Waals surface area contributed by atoms with Crippen LogP contribution in [0.3, 0.4) is 0 Å². The third-order valence-corrected chi connectivity index (χ3v) is 5.62. The smallest absolute Gasteiger partial charge is 0.416 e. The average molecular weight is 561 g/mol. The second-order valence-electron chi connectivity index (χ2n) is 10.1. The van der Waals surface area contributed by atoms with Crippen molar-refractivity contribution in [1.29, 1.82) is 0 Å². The van der Waals surface area contributed by atoms with Crippen molar-refractivity contribution < 1.29 is 36.8 Å². The summed E-state index contributed by atoms with van der Waals surface area (Å²) in [4.78, 5) is 40.8. The van der Waals surface area contributed by atoms with Gasteiger partial charge in [-0.3, -0.25) is 19.3 Å². The Morgan fingerprint density at radius 2 is 1.70 bits per heavy atom. The van der Waals surface area contributed by atoms with Crippen LogP contribution in [-0.2, 0) is 20.6 Å². The van der Waals surface area contributed by atoms with Crippen LogP contribution in [-0.4, -0.2) is 35.5 Å². The highest BCUT2D eigenvalue weighted by Gasteiger charge is 2.36. The highest BCUT2D eigenvalue weighted by Crippen LogP contribution is 2.35. The van der Waals surface area contributed by atoms with Crippen molar-refractivity contribution in [2.24, 2.45) is 0 Å². The summed E-state index contributed by atoms with van der Waals surface area (Å²) in [6.45, 7) is 6.86. The van der Waals surface area contributed by atoms with Gasteiger partial charge in [-0.15, -0.1) is 0 Å². The van der Waals surface area contributed by atoms with Gasteiger partial charge in [0, 0.05) is 30.1 Å². The standard InChI is InChI=1S/C28H31F3N4O5/c1-17-15-22(34-40-17)32-23(36)13-14-24(37)35(20-8-6-7-19(16-20)28(29,30)31)25(26(38)33-27(2,3)4)18-9-11-21(39-5)12-10-18/h6-12,15-16,25H,13-14H2,1-5H3,(H,33,38)(H,32,34,36). The van der Waals surface area contributed by atoms with E-state index in [0.717, 1.165) is 23.1 Å². The van der Waals surface area contributed by atoms with Crippen molar-refractivity contribution in [2.45, 2.75) is 58.3 Å². The monoisotopic (exact) mass is 560 g/mol. The molecular weight excluding hydrogens is 529 g/mol. The second-order valence-corrected chi connectivity index (χ2v) is 10.1. The number of rotatable bonds is 9. The number of hydrogen-bond donors (Lipinski definition) is 2. The molecule has 214 valence electrons. The Hall–Kier alpha value is -4.35. The van der Waals surface area contributed by atoms with Crippen molar-refractivity contribution in [2.75, 3.05) is 17.3 Å². The molecule has 12 heteroatoms. The number of benzene rings is 2. The van der Waals surface area contributed by atoms with Gasteiger partial charge in [0.25, 0.3) is 0 Å². The Kier molecular flexibility index (Phi) is 9.23. The Morgan fingerprint density at radius 1 is 1.02 bits per heavy atom. The summed E-state index contributed by atoms with van der Waals surface area (Å²) < 4.78 is 51.0. The fourth-order valence-corrected chi connectivity index (χ4v) is 3.88. The van der Waals surface area contributed by atoms with E-state index in [1.54, 1.807) is 52.0 Å². The number of ether oxygens (including phenoxy) is 1. The maximum atomic E-state index is 13.7. The molecule has 0 bridgehead atoms. The van der Waals surface area contributed by atoms with Gasteiger partial charge < -0.3 is 19.9 Å². The molecule has 0 aliphatic carbocycles. The molecule has 3 aromatic rings. The number of halogens is 3. The summed E-state index contributed by atoms with van der Waals surface area (Å²) >= 11 is 0. The number of nitrogens with one attached hydrogen (secondary N) is 2. The average Bonchev–Trinajstić information content (AvgIpc) is 3.28. The lowest BCUT2D eigenvalue weighted by Crippen LogP contribution is -2.49. The number of methoxy groups -OCH3 is 1. The Morgan fingerprint density at radius 3 is 2.25 bits per heavy atom. The highest BCUT2D eigenvalue weighted by atomic mass is 19.4. The lowest BCUT2D eigenvalue weighted by molar-refractivity contribution is -0.137. The first kappa shape index (κ1) is 30.2. The number of hydrogen-bond acceptors (Lipinski definition) is 6. The predicted octanol–water partition coefficient (Wildman–Crippen LogP) is 5.42. The van der Waals surface area contributed by atoms with Gasteiger partial charge in [-0.25, -0.2) is 0 Å². The molecule has 1 unspecified atom stereocenters. The van der Waals surface area contributed by atoms with Crippen molar-refractivity contribution in [1.82, 2.24) is 10.5 Å². The molecule has 0 saturated heterocycles. The number of anilines is 2. The lowest BCUT2D eigenvalue weighted by Gasteiger charge is -2.34. The fraction of sp³-hybridized carbons (Fsp3) is 0.357. The molecule has 3 rings (SSSR count). The van der Waals surface area contributed by atoms with Crippen molar-refractivity contribution in [3.8, 4) is 5.75 Å². The Bertz CT molecular complexity index is 1350. The van der Waals surface area contributed by atoms with E-state index in [1.165, 1.54) is 19.2 Å². The van der Waals surface area contributed by atoms with E-state index in [4.69, 9.17) is 9.26 Å². The molecule has 1 atom stereocenters. The molecule has 1 heterocycles. The van der Waals surface area contributed by atoms with Gasteiger partial charge in [0.1, 0.15) is 17.6 Å². The molecule has 0 saturated carbocycles. The predicted molar refractivity (Wildman–Crippen MR) is 142 cm³/mol. The van der Waals surface area contributed by atoms with Crippen LogP contribution < -0.4 is 20.3 Å². The van der Waals surface area contributed by atoms with Crippen LogP contribution >= 0.6 is 0 Å². The van der Waals surface area contributed by atoms with Crippen molar-refractivity contribution in [3.05, 3.63) is 71.5 Å². The van der Waals surface area contributed by atoms with Crippen LogP contribution in [0.2, 0.25) is 0 Å². The fourth-order valence-electron chi connectivity index (χ4n) is 3.88. The topological polar surface area (TPSA) is 114 Å². The third-order valence-electron chi connectivity index (χ3n) is 5.62. The van der Waals surface area contributed by atoms with Crippen LogP contribution in [0.4, 0.5) is 24.7 Å². The lowest BCUT2D eigenvalue weighted by atomic mass is 9.99. The van der Waals surface area contributed by atoms with Gasteiger partial charge in [0.2, 0.25) is 17.7 Å². The van der Waals surface area contributed by atoms with E-state index in [1.807, 2.05) is 0 Å². The summed E-state index contributed by atoms with van der Waals surface area (Å²) in [6, 6.07) is 10.5. The molecule has 1 aromatic heterocycles. The van der Waals surface area contributed by atoms with Crippen LogP contribution in [0.25, 0.3) is 0 Å². The van der Waals surface area contributed by atoms with Gasteiger partial charge in [0.05, 0.1) is 12.7 Å². The third kappa shape index (κ3) is 8.08. The zero-order valence-electron chi connectivity index (χ0n) is 22.8. The number of amides is 3. The van der Waals surface area contributed by atoms with E-state index in [9.17, 15) is 27.6 Å². The minimum Gasteiger partial charge on any atom is -0.497 e. The Labute approximate surface area is 229 Å². The summed E-state index contributed by atoms with van der Waals surface area (Å²) in [7, 11) is 1.46. The molecule has 0 spiro atoms. The van der Waals surface area contributed by atoms with E-state index in [0.29, 0.717) is 17.1 Å². The maximum absolute atomic E-state index is 13.7. The first-order chi connectivity index (χ1) is 18.7. The van der Waals surface area contributed by atoms with E-state index >= 15 is 0 Å². The molecule has 3 amide bonds. The number of nitrogens with zero attached hydrogens (tertiary/aromatic N) is 2. The molecule has 40 heavy (non-hydrogen) atoms. The zero-order chi connectivity index (χ0) is 29.7. The number of carbonyl (C=O) groups excluding carboxylic acids is 3. The van der Waals surface area contributed by atoms with E-state index in [2.05, 4.69) is 15.8 Å². The second kappa shape index (κ2) is 12.2. The number of aromatic nitrogens is 1. The van der Waals surface area contributed by atoms with Crippen LogP contribution in [0.5, 0.6) is 5.75 Å². The van der Waals surface area contributed by atoms with Gasteiger partial charge in [0.15, 0.2) is 5.82 Å². The number of aryl methyl sites for hydroxylation is 1. The quantitative estimate of drug-likeness (QED) is 0.361. The van der Waals surface area contributed by atoms with Gasteiger partial charge in [-0.1, -0.05) is 23.4 Å². The van der Waals surface area contributed by atoms with E-state index in [-0.39, 0.29) is 17.9 Å². The van der Waals surface area contributed by atoms with Gasteiger partial charge >= 0.3 is 6.18 Å². The van der Waals surface area contributed by atoms with Crippen LogP contribution in [0, 0.1) is 6.92 Å². The maximum Gasteiger partial charge on any atom is 0.416 e. The zero-order valence-corrected chi connectivity index (χ0v) is 22.8. The summed E-state index contributed by atoms with van der Waals surface area (Å²) in [5, 5.41) is 8.97. The van der Waals surface area contributed by atoms with Crippen LogP contribution in [0.1, 0.15) is 56.5 Å². The van der Waals surface area contributed by atoms with E-state index < -0.39 is 47.5 Å². The van der Waals surface area contributed by atoms with Gasteiger partial charge in [-0.05, 0) is 63.6 Å². The molecule has 9 nitrogen and oxygen atoms in total. The van der Waals surface area contributed by atoms with Crippen molar-refractivity contribution >= 4 is 29.2 Å². The summed E-state index contributed by atoms with van der Waals surface area (Å²) in [5.41, 5.74) is -1.54. The minimum absolute atomic E-state index is 0.155. The molecule has 0 radical (unpaired) electrons. The largest absolute Gasteiger partial charge is 0.497 e. The van der Waals surface area contributed by atoms with Crippen molar-refractivity contribution in [3.63, 3.8) is 0 Å². The minimum atomic E-state index is -4.69. The molecule has 0 fully saturated rings. The molecular formula is C28H31F3N4O5. The molecule has 0 aliphatic rings. The molecule has 2 N–H and O–H groups in total. The summed E-state index contributed by atoms with van der Waals surface area (Å²) in [5.74, 6) is -0.817. The highest BCUT2D eigenvalue weighted by molar-refractivity contribution is 6.03. The van der Waals surface area contributed by atoms with Gasteiger partial charge in [-0.2, -0.15) is 13.2 Å². The van der Waals surface area contributed by atoms with Crippen LogP contribution in [0.15, 0.2) is 59.1 Å².